The molecular formula is C18H24N2O4S. The molecule has 0 bridgehead atoms. The van der Waals surface area contributed by atoms with Crippen molar-refractivity contribution < 1.29 is 19.1 Å². The number of urea groups is 1. The molecule has 0 radical (unpaired) electrons. The maximum Gasteiger partial charge on any atom is 0.319 e. The Balaban J connectivity index is 2.16. The lowest BCUT2D eigenvalue weighted by molar-refractivity contribution is -0.147. The summed E-state index contributed by atoms with van der Waals surface area (Å²) >= 11 is 1.60. The Morgan fingerprint density at radius 2 is 2.00 bits per heavy atom. The number of rotatable bonds is 8. The van der Waals surface area contributed by atoms with E-state index in [1.165, 1.54) is 0 Å². The highest BCUT2D eigenvalue weighted by Gasteiger charge is 2.38. The second-order valence-electron chi connectivity index (χ2n) is 5.66. The molecule has 1 heterocycles. The van der Waals surface area contributed by atoms with Gasteiger partial charge in [0.1, 0.15) is 18.3 Å². The number of esters is 1. The van der Waals surface area contributed by atoms with Gasteiger partial charge in [0.25, 0.3) is 0 Å². The molecule has 2 atom stereocenters. The Labute approximate surface area is 152 Å². The van der Waals surface area contributed by atoms with E-state index in [4.69, 9.17) is 9.47 Å². The minimum atomic E-state index is -0.679. The number of benzene rings is 1. The number of hydrogen-bond donors (Lipinski definition) is 2. The molecule has 1 saturated heterocycles. The first-order chi connectivity index (χ1) is 12.1. The van der Waals surface area contributed by atoms with Gasteiger partial charge in [0, 0.05) is 11.4 Å². The van der Waals surface area contributed by atoms with Crippen LogP contribution in [-0.4, -0.2) is 37.2 Å². The molecule has 7 heteroatoms. The summed E-state index contributed by atoms with van der Waals surface area (Å²) in [5, 5.41) is 5.35. The van der Waals surface area contributed by atoms with Crippen molar-refractivity contribution in [1.29, 1.82) is 0 Å². The van der Waals surface area contributed by atoms with Gasteiger partial charge in [-0.2, -0.15) is 11.8 Å². The highest BCUT2D eigenvalue weighted by atomic mass is 32.2. The molecule has 25 heavy (non-hydrogen) atoms. The summed E-state index contributed by atoms with van der Waals surface area (Å²) in [6.45, 7) is 6.84. The average Bonchev–Trinajstić information content (AvgIpc) is 2.59. The summed E-state index contributed by atoms with van der Waals surface area (Å²) in [5.74, 6) is 0.396. The molecule has 6 nitrogen and oxygen atoms in total. The van der Waals surface area contributed by atoms with Crippen LogP contribution in [0.4, 0.5) is 4.79 Å². The molecule has 0 saturated carbocycles. The molecule has 1 aliphatic heterocycles. The fourth-order valence-electron chi connectivity index (χ4n) is 2.55. The minimum Gasteiger partial charge on any atom is -0.494 e. The summed E-state index contributed by atoms with van der Waals surface area (Å²) in [6, 6.07) is 6.45. The highest BCUT2D eigenvalue weighted by molar-refractivity contribution is 7.98. The number of amides is 2. The van der Waals surface area contributed by atoms with E-state index in [-0.39, 0.29) is 6.03 Å². The maximum atomic E-state index is 12.5. The Bertz CT molecular complexity index is 618. The zero-order valence-corrected chi connectivity index (χ0v) is 15.4. The van der Waals surface area contributed by atoms with E-state index >= 15 is 0 Å². The first-order valence-corrected chi connectivity index (χ1v) is 9.60. The summed E-state index contributed by atoms with van der Waals surface area (Å²) in [6.07, 6.45) is 2.87. The van der Waals surface area contributed by atoms with Gasteiger partial charge in [-0.05, 0) is 30.4 Å². The van der Waals surface area contributed by atoms with Gasteiger partial charge >= 0.3 is 12.0 Å². The number of carbonyl (C=O) groups is 2. The third kappa shape index (κ3) is 5.16. The molecule has 2 rings (SSSR count). The molecule has 2 amide bonds. The molecule has 0 spiro atoms. The zero-order valence-electron chi connectivity index (χ0n) is 14.5. The van der Waals surface area contributed by atoms with Crippen LogP contribution in [0.5, 0.6) is 5.75 Å². The first kappa shape index (κ1) is 19.2. The second kappa shape index (κ2) is 9.36. The molecule has 1 fully saturated rings. The zero-order chi connectivity index (χ0) is 18.2. The number of nitrogens with one attached hydrogen (secondary N) is 2. The van der Waals surface area contributed by atoms with Gasteiger partial charge < -0.3 is 20.1 Å². The fraction of sp³-hybridized carbons (Fsp3) is 0.444. The van der Waals surface area contributed by atoms with E-state index in [1.54, 1.807) is 11.8 Å². The molecule has 1 aromatic rings. The summed E-state index contributed by atoms with van der Waals surface area (Å²) in [7, 11) is 0. The van der Waals surface area contributed by atoms with Crippen LogP contribution >= 0.6 is 11.8 Å². The maximum absolute atomic E-state index is 12.5. The van der Waals surface area contributed by atoms with E-state index in [0.29, 0.717) is 18.9 Å². The van der Waals surface area contributed by atoms with Gasteiger partial charge in [-0.3, -0.25) is 4.79 Å². The second-order valence-corrected chi connectivity index (χ2v) is 6.64. The molecule has 0 aromatic heterocycles. The van der Waals surface area contributed by atoms with Gasteiger partial charge in [0.2, 0.25) is 0 Å². The Morgan fingerprint density at radius 3 is 2.64 bits per heavy atom. The van der Waals surface area contributed by atoms with Crippen molar-refractivity contribution in [2.24, 2.45) is 5.92 Å². The predicted octanol–water partition coefficient (Wildman–Crippen LogP) is 2.87. The van der Waals surface area contributed by atoms with Crippen molar-refractivity contribution in [3.05, 3.63) is 42.1 Å². The summed E-state index contributed by atoms with van der Waals surface area (Å²) in [4.78, 5) is 24.3. The number of hydrogen-bond acceptors (Lipinski definition) is 5. The van der Waals surface area contributed by atoms with E-state index in [9.17, 15) is 9.59 Å². The smallest absolute Gasteiger partial charge is 0.319 e. The van der Waals surface area contributed by atoms with Crippen LogP contribution in [0.2, 0.25) is 0 Å². The minimum absolute atomic E-state index is 0.328. The van der Waals surface area contributed by atoms with Crippen molar-refractivity contribution in [3.63, 3.8) is 0 Å². The Hall–Kier alpha value is -2.15. The third-order valence-electron chi connectivity index (χ3n) is 3.77. The van der Waals surface area contributed by atoms with Gasteiger partial charge in [-0.1, -0.05) is 25.6 Å². The lowest BCUT2D eigenvalue weighted by Crippen LogP contribution is -2.51. The Kier molecular flexibility index (Phi) is 7.18. The lowest BCUT2D eigenvalue weighted by Gasteiger charge is -2.33. The van der Waals surface area contributed by atoms with Crippen LogP contribution in [0.3, 0.4) is 0 Å². The third-order valence-corrected chi connectivity index (χ3v) is 4.34. The summed E-state index contributed by atoms with van der Waals surface area (Å²) in [5.41, 5.74) is 1.14. The van der Waals surface area contributed by atoms with Crippen LogP contribution in [-0.2, 0) is 9.53 Å². The molecular weight excluding hydrogens is 340 g/mol. The van der Waals surface area contributed by atoms with Crippen molar-refractivity contribution in [3.8, 4) is 5.75 Å². The van der Waals surface area contributed by atoms with Crippen molar-refractivity contribution in [2.75, 3.05) is 25.2 Å². The van der Waals surface area contributed by atoms with Crippen LogP contribution in [0.1, 0.15) is 24.9 Å². The van der Waals surface area contributed by atoms with E-state index < -0.39 is 17.9 Å². The van der Waals surface area contributed by atoms with Crippen molar-refractivity contribution >= 4 is 23.8 Å². The highest BCUT2D eigenvalue weighted by Crippen LogP contribution is 2.31. The van der Waals surface area contributed by atoms with E-state index in [0.717, 1.165) is 23.5 Å². The van der Waals surface area contributed by atoms with Crippen LogP contribution in [0, 0.1) is 5.92 Å². The quantitative estimate of drug-likeness (QED) is 0.548. The van der Waals surface area contributed by atoms with E-state index in [2.05, 4.69) is 17.2 Å². The SMILES string of the molecule is C=C1NC(=O)N[C@@H](c2ccc(OCCC)cc2)[C@@H]1C(=O)OCCSC. The molecule has 2 N–H and O–H groups in total. The monoisotopic (exact) mass is 364 g/mol. The van der Waals surface area contributed by atoms with Crippen molar-refractivity contribution in [1.82, 2.24) is 10.6 Å². The topological polar surface area (TPSA) is 76.7 Å². The van der Waals surface area contributed by atoms with Gasteiger partial charge in [0.05, 0.1) is 12.6 Å². The lowest BCUT2D eigenvalue weighted by atomic mass is 9.89. The standard InChI is InChI=1S/C18H24N2O4S/c1-4-9-23-14-7-5-13(6-8-14)16-15(12(2)19-18(22)20-16)17(21)24-10-11-25-3/h5-8,15-16H,2,4,9-11H2,1,3H3,(H2,19,20,22)/t15-,16+/m1/s1. The molecule has 0 unspecified atom stereocenters. The van der Waals surface area contributed by atoms with Crippen molar-refractivity contribution in [2.45, 2.75) is 19.4 Å². The van der Waals surface area contributed by atoms with Crippen LogP contribution < -0.4 is 15.4 Å². The molecule has 1 aliphatic rings. The van der Waals surface area contributed by atoms with Gasteiger partial charge in [-0.25, -0.2) is 4.79 Å². The van der Waals surface area contributed by atoms with Crippen LogP contribution in [0.15, 0.2) is 36.5 Å². The largest absolute Gasteiger partial charge is 0.494 e. The average molecular weight is 364 g/mol. The molecule has 1 aromatic carbocycles. The Morgan fingerprint density at radius 1 is 1.28 bits per heavy atom. The molecule has 136 valence electrons. The summed E-state index contributed by atoms with van der Waals surface area (Å²) < 4.78 is 10.9. The number of ether oxygens (including phenoxy) is 2. The number of thioether (sulfide) groups is 1. The number of carbonyl (C=O) groups excluding carboxylic acids is 2. The van der Waals surface area contributed by atoms with Gasteiger partial charge in [-0.15, -0.1) is 0 Å². The normalized spacial score (nSPS) is 19.8. The fourth-order valence-corrected chi connectivity index (χ4v) is 2.80. The first-order valence-electron chi connectivity index (χ1n) is 8.21. The predicted molar refractivity (Wildman–Crippen MR) is 98.6 cm³/mol. The van der Waals surface area contributed by atoms with E-state index in [1.807, 2.05) is 37.4 Å². The van der Waals surface area contributed by atoms with Crippen LogP contribution in [0.25, 0.3) is 0 Å². The van der Waals surface area contributed by atoms with Gasteiger partial charge in [0.15, 0.2) is 0 Å². The molecule has 0 aliphatic carbocycles.